The van der Waals surface area contributed by atoms with Crippen molar-refractivity contribution in [2.24, 2.45) is 7.05 Å². The van der Waals surface area contributed by atoms with Gasteiger partial charge in [-0.3, -0.25) is 4.68 Å². The first-order valence-electron chi connectivity index (χ1n) is 6.89. The molecule has 1 aromatic carbocycles. The number of aromatic nitrogens is 2. The third-order valence-electron chi connectivity index (χ3n) is 4.23. The first kappa shape index (κ1) is 12.4. The zero-order valence-electron chi connectivity index (χ0n) is 11.5. The average molecular weight is 256 g/mol. The molecule has 1 aliphatic carbocycles. The van der Waals surface area contributed by atoms with Gasteiger partial charge in [0, 0.05) is 19.7 Å². The summed E-state index contributed by atoms with van der Waals surface area (Å²) in [6.45, 7) is 2.24. The summed E-state index contributed by atoms with van der Waals surface area (Å²) in [4.78, 5) is 0. The lowest BCUT2D eigenvalue weighted by Crippen LogP contribution is -2.34. The van der Waals surface area contributed by atoms with Crippen molar-refractivity contribution in [3.63, 3.8) is 0 Å². The Morgan fingerprint density at radius 3 is 2.89 bits per heavy atom. The third kappa shape index (κ3) is 2.19. The van der Waals surface area contributed by atoms with Crippen molar-refractivity contribution in [1.82, 2.24) is 9.78 Å². The highest BCUT2D eigenvalue weighted by Gasteiger charge is 2.37. The number of hydrogen-bond donors (Lipinski definition) is 1. The van der Waals surface area contributed by atoms with Crippen molar-refractivity contribution < 1.29 is 5.11 Å². The van der Waals surface area contributed by atoms with Crippen LogP contribution in [0.25, 0.3) is 0 Å². The normalized spacial score (nSPS) is 26.2. The molecule has 0 aliphatic heterocycles. The largest absolute Gasteiger partial charge is 0.385 e. The lowest BCUT2D eigenvalue weighted by Gasteiger charge is -2.37. The second-order valence-electron chi connectivity index (χ2n) is 5.72. The van der Waals surface area contributed by atoms with Gasteiger partial charge < -0.3 is 5.11 Å². The molecular weight excluding hydrogens is 236 g/mol. The minimum atomic E-state index is -0.766. The van der Waals surface area contributed by atoms with Crippen LogP contribution in [0, 0.1) is 0 Å². The molecule has 100 valence electrons. The van der Waals surface area contributed by atoms with Crippen LogP contribution in [0.4, 0.5) is 0 Å². The first-order chi connectivity index (χ1) is 9.08. The summed E-state index contributed by atoms with van der Waals surface area (Å²) in [6, 6.07) is 10.3. The minimum Gasteiger partial charge on any atom is -0.385 e. The van der Waals surface area contributed by atoms with Crippen molar-refractivity contribution in [3.8, 4) is 0 Å². The van der Waals surface area contributed by atoms with Crippen LogP contribution in [0.15, 0.2) is 36.5 Å². The van der Waals surface area contributed by atoms with E-state index in [0.29, 0.717) is 12.3 Å². The van der Waals surface area contributed by atoms with Gasteiger partial charge in [0.15, 0.2) is 0 Å². The number of nitrogens with zero attached hydrogens (tertiary/aromatic N) is 2. The minimum absolute atomic E-state index is 0.528. The Kier molecular flexibility index (Phi) is 2.94. The van der Waals surface area contributed by atoms with Gasteiger partial charge >= 0.3 is 0 Å². The molecule has 0 saturated carbocycles. The number of aliphatic hydroxyl groups is 1. The number of rotatable bonds is 2. The number of benzene rings is 1. The Bertz CT molecular complexity index is 590. The summed E-state index contributed by atoms with van der Waals surface area (Å²) in [5.74, 6) is 0.528. The molecule has 1 aliphatic rings. The second-order valence-corrected chi connectivity index (χ2v) is 5.72. The van der Waals surface area contributed by atoms with E-state index >= 15 is 0 Å². The molecule has 3 nitrogen and oxygen atoms in total. The van der Waals surface area contributed by atoms with Gasteiger partial charge in [-0.25, -0.2) is 0 Å². The van der Waals surface area contributed by atoms with Crippen LogP contribution in [0.3, 0.4) is 0 Å². The molecular formula is C16H20N2O. The maximum Gasteiger partial charge on any atom is 0.0955 e. The maximum absolute atomic E-state index is 11.1. The van der Waals surface area contributed by atoms with Crippen LogP contribution in [-0.4, -0.2) is 14.9 Å². The van der Waals surface area contributed by atoms with Crippen molar-refractivity contribution >= 4 is 0 Å². The SMILES string of the molecule is CC1CCC(O)(Cc2ccn(C)n2)c2ccccc21. The third-order valence-corrected chi connectivity index (χ3v) is 4.23. The summed E-state index contributed by atoms with van der Waals surface area (Å²) >= 11 is 0. The van der Waals surface area contributed by atoms with Gasteiger partial charge in [0.1, 0.15) is 0 Å². The smallest absolute Gasteiger partial charge is 0.0955 e. The molecule has 1 heterocycles. The molecule has 3 heteroatoms. The summed E-state index contributed by atoms with van der Waals surface area (Å²) in [5, 5.41) is 15.5. The van der Waals surface area contributed by atoms with E-state index in [1.165, 1.54) is 5.56 Å². The summed E-state index contributed by atoms with van der Waals surface area (Å²) in [5.41, 5.74) is 2.55. The zero-order chi connectivity index (χ0) is 13.5. The molecule has 0 spiro atoms. The molecule has 1 N–H and O–H groups in total. The Balaban J connectivity index is 1.98. The lowest BCUT2D eigenvalue weighted by atomic mass is 9.72. The van der Waals surface area contributed by atoms with Crippen LogP contribution in [0.5, 0.6) is 0 Å². The Morgan fingerprint density at radius 1 is 1.37 bits per heavy atom. The summed E-state index contributed by atoms with van der Waals surface area (Å²) < 4.78 is 1.79. The van der Waals surface area contributed by atoms with Gasteiger partial charge in [0.05, 0.1) is 11.3 Å². The number of fused-ring (bicyclic) bond motifs is 1. The Morgan fingerprint density at radius 2 is 2.16 bits per heavy atom. The fourth-order valence-corrected chi connectivity index (χ4v) is 3.14. The highest BCUT2D eigenvalue weighted by atomic mass is 16.3. The molecule has 0 saturated heterocycles. The van der Waals surface area contributed by atoms with Crippen LogP contribution in [0.2, 0.25) is 0 Å². The molecule has 0 amide bonds. The monoisotopic (exact) mass is 256 g/mol. The quantitative estimate of drug-likeness (QED) is 0.897. The fourth-order valence-electron chi connectivity index (χ4n) is 3.14. The molecule has 3 rings (SSSR count). The highest BCUT2D eigenvalue weighted by Crippen LogP contribution is 2.42. The average Bonchev–Trinajstić information content (AvgIpc) is 2.80. The molecule has 0 radical (unpaired) electrons. The molecule has 0 bridgehead atoms. The predicted molar refractivity (Wildman–Crippen MR) is 74.9 cm³/mol. The van der Waals surface area contributed by atoms with Crippen LogP contribution in [-0.2, 0) is 19.1 Å². The van der Waals surface area contributed by atoms with E-state index < -0.39 is 5.60 Å². The molecule has 2 unspecified atom stereocenters. The molecule has 0 fully saturated rings. The van der Waals surface area contributed by atoms with Gasteiger partial charge in [0.25, 0.3) is 0 Å². The molecule has 1 aromatic heterocycles. The molecule has 19 heavy (non-hydrogen) atoms. The Labute approximate surface area is 113 Å². The lowest BCUT2D eigenvalue weighted by molar-refractivity contribution is 0.0149. The summed E-state index contributed by atoms with van der Waals surface area (Å²) in [7, 11) is 1.91. The van der Waals surface area contributed by atoms with Gasteiger partial charge in [0.2, 0.25) is 0 Å². The summed E-state index contributed by atoms with van der Waals surface area (Å²) in [6.07, 6.45) is 4.36. The zero-order valence-corrected chi connectivity index (χ0v) is 11.5. The number of aryl methyl sites for hydroxylation is 1. The topological polar surface area (TPSA) is 38.0 Å². The van der Waals surface area contributed by atoms with E-state index in [2.05, 4.69) is 30.2 Å². The van der Waals surface area contributed by atoms with E-state index in [0.717, 1.165) is 24.1 Å². The van der Waals surface area contributed by atoms with E-state index in [1.807, 2.05) is 25.4 Å². The number of hydrogen-bond acceptors (Lipinski definition) is 2. The van der Waals surface area contributed by atoms with Gasteiger partial charge in [-0.1, -0.05) is 31.2 Å². The fraction of sp³-hybridized carbons (Fsp3) is 0.438. The second kappa shape index (κ2) is 4.49. The van der Waals surface area contributed by atoms with Gasteiger partial charge in [-0.2, -0.15) is 5.10 Å². The highest BCUT2D eigenvalue weighted by molar-refractivity contribution is 5.38. The van der Waals surface area contributed by atoms with Crippen LogP contribution < -0.4 is 0 Å². The van der Waals surface area contributed by atoms with E-state index in [4.69, 9.17) is 0 Å². The van der Waals surface area contributed by atoms with Crippen molar-refractivity contribution in [2.75, 3.05) is 0 Å². The van der Waals surface area contributed by atoms with Crippen LogP contribution in [0.1, 0.15) is 42.5 Å². The molecule has 2 aromatic rings. The van der Waals surface area contributed by atoms with E-state index in [-0.39, 0.29) is 0 Å². The van der Waals surface area contributed by atoms with Crippen molar-refractivity contribution in [2.45, 2.75) is 37.7 Å². The van der Waals surface area contributed by atoms with Crippen molar-refractivity contribution in [1.29, 1.82) is 0 Å². The first-order valence-corrected chi connectivity index (χ1v) is 6.89. The van der Waals surface area contributed by atoms with Crippen LogP contribution >= 0.6 is 0 Å². The standard InChI is InChI=1S/C16H20N2O/c1-12-7-9-16(19,11-13-8-10-18(2)17-13)15-6-4-3-5-14(12)15/h3-6,8,10,12,19H,7,9,11H2,1-2H3. The van der Waals surface area contributed by atoms with E-state index in [9.17, 15) is 5.11 Å². The van der Waals surface area contributed by atoms with Crippen molar-refractivity contribution in [3.05, 3.63) is 53.3 Å². The van der Waals surface area contributed by atoms with Gasteiger partial charge in [-0.15, -0.1) is 0 Å². The van der Waals surface area contributed by atoms with E-state index in [1.54, 1.807) is 4.68 Å². The maximum atomic E-state index is 11.1. The predicted octanol–water partition coefficient (Wildman–Crippen LogP) is 2.75. The Hall–Kier alpha value is -1.61. The molecule has 2 atom stereocenters. The van der Waals surface area contributed by atoms with Gasteiger partial charge in [-0.05, 0) is 36.0 Å².